The van der Waals surface area contributed by atoms with E-state index in [-0.39, 0.29) is 21.2 Å². The molecule has 0 bridgehead atoms. The number of para-hydroxylation sites is 2. The standard InChI is InChI=1S/C48H40P2.C11H15N3.2ClH.Ru/c1-33-13-23-39(24-14-33)49(40-25-15-34(2)16-26-40)45-31-21-37-9-5-7-11-43(37)47(45)48-44-12-8-6-10-38(44)22-32-46(48)50(41-27-17-35(3)18-28-41)42-29-19-36(4)20-30-42;1-7(2)10(12)11-13-8-5-3-4-6-9(8)14-11;;;/h5-32H,1-4H3;3-7,10H,12H2,1-2H3,(H,13,14);2*1H;/q;;;;+2/p-2/t;10-;;;/m.0.../s1. The van der Waals surface area contributed by atoms with E-state index in [4.69, 9.17) is 25.1 Å². The molecule has 0 aliphatic heterocycles. The third kappa shape index (κ3) is 11.1. The quantitative estimate of drug-likeness (QED) is 0.112. The zero-order valence-electron chi connectivity index (χ0n) is 38.7. The van der Waals surface area contributed by atoms with Crippen LogP contribution in [0.5, 0.6) is 0 Å². The van der Waals surface area contributed by atoms with Gasteiger partial charge in [0.15, 0.2) is 0 Å². The van der Waals surface area contributed by atoms with Crippen LogP contribution in [-0.2, 0) is 15.1 Å². The van der Waals surface area contributed by atoms with Gasteiger partial charge in [-0.1, -0.05) is 218 Å². The molecule has 0 radical (unpaired) electrons. The number of aromatic nitrogens is 2. The summed E-state index contributed by atoms with van der Waals surface area (Å²) in [4.78, 5) is 7.69. The second-order valence-corrected chi connectivity index (χ2v) is 24.3. The van der Waals surface area contributed by atoms with E-state index in [1.54, 1.807) is 0 Å². The fraction of sp³-hybridized carbons (Fsp3) is 0.136. The number of imidazole rings is 1. The van der Waals surface area contributed by atoms with Crippen molar-refractivity contribution in [3.63, 3.8) is 0 Å². The maximum atomic E-state index is 6.01. The number of nitrogens with two attached hydrogens (primary N) is 1. The SMILES string of the molecule is CC(C)[C@H](N)c1nc2ccccc2[nH]1.Cc1ccc(P(c2ccc(C)cc2)c2ccc3ccccc3c2-c2c(P(c3ccc(C)cc3)c3ccc(C)cc3)ccc3ccccc23)cc1.[Cl][Ru][Cl]. The molecule has 338 valence electrons. The summed E-state index contributed by atoms with van der Waals surface area (Å²) >= 11 is -0.346. The second kappa shape index (κ2) is 22.4. The number of halogens is 2. The summed E-state index contributed by atoms with van der Waals surface area (Å²) < 4.78 is 0. The molecule has 0 aliphatic rings. The molecule has 0 saturated carbocycles. The molecule has 1 aromatic heterocycles. The van der Waals surface area contributed by atoms with E-state index >= 15 is 0 Å². The van der Waals surface area contributed by atoms with Crippen molar-refractivity contribution < 1.29 is 15.1 Å². The molecule has 67 heavy (non-hydrogen) atoms. The van der Waals surface area contributed by atoms with Gasteiger partial charge in [-0.15, -0.1) is 0 Å². The third-order valence-corrected chi connectivity index (χ3v) is 17.1. The molecule has 0 fully saturated rings. The van der Waals surface area contributed by atoms with Crippen molar-refractivity contribution in [3.05, 3.63) is 222 Å². The van der Waals surface area contributed by atoms with Crippen molar-refractivity contribution in [2.45, 2.75) is 47.6 Å². The van der Waals surface area contributed by atoms with Crippen LogP contribution in [-0.4, -0.2) is 9.97 Å². The molecular weight excluding hydrogens is 985 g/mol. The molecule has 0 unspecified atom stereocenters. The number of hydrogen-bond acceptors (Lipinski definition) is 2. The van der Waals surface area contributed by atoms with E-state index in [2.05, 4.69) is 221 Å². The van der Waals surface area contributed by atoms with Gasteiger partial charge in [0.2, 0.25) is 0 Å². The molecule has 3 N–H and O–H groups in total. The van der Waals surface area contributed by atoms with Crippen LogP contribution in [0.2, 0.25) is 0 Å². The first-order chi connectivity index (χ1) is 32.5. The van der Waals surface area contributed by atoms with Gasteiger partial charge in [0.05, 0.1) is 17.1 Å². The van der Waals surface area contributed by atoms with Gasteiger partial charge in [-0.3, -0.25) is 0 Å². The average molecular weight is 1040 g/mol. The molecule has 0 saturated heterocycles. The summed E-state index contributed by atoms with van der Waals surface area (Å²) in [7, 11) is 7.94. The molecule has 0 amide bonds. The van der Waals surface area contributed by atoms with Gasteiger partial charge >= 0.3 is 34.5 Å². The Bertz CT molecular complexity index is 2930. The van der Waals surface area contributed by atoms with Crippen LogP contribution in [0.1, 0.15) is 48.0 Å². The summed E-state index contributed by atoms with van der Waals surface area (Å²) in [5.41, 5.74) is 15.9. The van der Waals surface area contributed by atoms with Crippen LogP contribution < -0.4 is 37.6 Å². The summed E-state index contributed by atoms with van der Waals surface area (Å²) in [6.45, 7) is 12.9. The number of aryl methyl sites for hydroxylation is 4. The first kappa shape index (κ1) is 48.5. The number of rotatable bonds is 9. The minimum absolute atomic E-state index is 0.0117. The predicted octanol–water partition coefficient (Wildman–Crippen LogP) is 14.0. The molecule has 8 heteroatoms. The van der Waals surface area contributed by atoms with Crippen LogP contribution in [0.25, 0.3) is 43.7 Å². The number of nitrogens with zero attached hydrogens (tertiary/aromatic N) is 1. The number of fused-ring (bicyclic) bond motifs is 3. The van der Waals surface area contributed by atoms with E-state index in [0.29, 0.717) is 5.92 Å². The fourth-order valence-corrected chi connectivity index (χ4v) is 13.4. The summed E-state index contributed by atoms with van der Waals surface area (Å²) in [5, 5.41) is 13.4. The zero-order valence-corrected chi connectivity index (χ0v) is 43.7. The fourth-order valence-electron chi connectivity index (χ4n) is 8.49. The summed E-state index contributed by atoms with van der Waals surface area (Å²) in [6, 6.07) is 72.6. The number of H-pyrrole nitrogens is 1. The molecule has 1 atom stereocenters. The van der Waals surface area contributed by atoms with Gasteiger partial charge in [-0.05, 0) is 126 Å². The van der Waals surface area contributed by atoms with Gasteiger partial charge in [0.1, 0.15) is 5.82 Å². The molecule has 3 nitrogen and oxygen atoms in total. The van der Waals surface area contributed by atoms with Crippen molar-refractivity contribution in [2.24, 2.45) is 11.7 Å². The first-order valence-electron chi connectivity index (χ1n) is 22.5. The Kier molecular flexibility index (Phi) is 16.2. The van der Waals surface area contributed by atoms with E-state index in [1.807, 2.05) is 24.3 Å². The second-order valence-electron chi connectivity index (χ2n) is 17.3. The van der Waals surface area contributed by atoms with Crippen LogP contribution in [0.3, 0.4) is 0 Å². The third-order valence-electron chi connectivity index (χ3n) is 12.2. The molecule has 0 spiro atoms. The Labute approximate surface area is 414 Å². The van der Waals surface area contributed by atoms with Gasteiger partial charge in [-0.2, -0.15) is 0 Å². The van der Waals surface area contributed by atoms with Gasteiger partial charge < -0.3 is 10.7 Å². The summed E-state index contributed by atoms with van der Waals surface area (Å²) in [5.74, 6) is 1.27. The topological polar surface area (TPSA) is 54.7 Å². The van der Waals surface area contributed by atoms with Gasteiger partial charge in [-0.25, -0.2) is 4.98 Å². The number of benzene rings is 9. The van der Waals surface area contributed by atoms with Gasteiger partial charge in [0.25, 0.3) is 0 Å². The Morgan fingerprint density at radius 3 is 1.16 bits per heavy atom. The molecule has 10 aromatic rings. The van der Waals surface area contributed by atoms with Crippen LogP contribution >= 0.6 is 35.2 Å². The molecule has 0 aliphatic carbocycles. The normalized spacial score (nSPS) is 11.8. The minimum atomic E-state index is -0.885. The van der Waals surface area contributed by atoms with Crippen molar-refractivity contribution in [1.82, 2.24) is 9.97 Å². The Hall–Kier alpha value is -5.01. The first-order valence-corrected chi connectivity index (χ1v) is 29.7. The Balaban J connectivity index is 0.000000302. The molecule has 10 rings (SSSR count). The van der Waals surface area contributed by atoms with Crippen LogP contribution in [0.4, 0.5) is 0 Å². The van der Waals surface area contributed by atoms with Crippen LogP contribution in [0.15, 0.2) is 194 Å². The number of hydrogen-bond donors (Lipinski definition) is 2. The van der Waals surface area contributed by atoms with E-state index < -0.39 is 15.8 Å². The van der Waals surface area contributed by atoms with E-state index in [9.17, 15) is 0 Å². The Morgan fingerprint density at radius 1 is 0.463 bits per heavy atom. The van der Waals surface area contributed by atoms with E-state index in [0.717, 1.165) is 16.9 Å². The number of aromatic amines is 1. The Morgan fingerprint density at radius 2 is 0.806 bits per heavy atom. The molecular formula is C59H55Cl2N3P2Ru. The van der Waals surface area contributed by atoms with E-state index in [1.165, 1.54) is 86.8 Å². The molecule has 1 heterocycles. The van der Waals surface area contributed by atoms with Crippen molar-refractivity contribution >= 4 is 99.6 Å². The monoisotopic (exact) mass is 1040 g/mol. The predicted molar refractivity (Wildman–Crippen MR) is 293 cm³/mol. The zero-order chi connectivity index (χ0) is 47.0. The maximum absolute atomic E-state index is 6.01. The van der Waals surface area contributed by atoms with Crippen LogP contribution in [0, 0.1) is 33.6 Å². The van der Waals surface area contributed by atoms with Crippen molar-refractivity contribution in [2.75, 3.05) is 0 Å². The van der Waals surface area contributed by atoms with Gasteiger partial charge in [0, 0.05) is 0 Å². The number of nitrogens with one attached hydrogen (secondary N) is 1. The van der Waals surface area contributed by atoms with Crippen molar-refractivity contribution in [1.29, 1.82) is 0 Å². The average Bonchev–Trinajstić information content (AvgIpc) is 3.79. The van der Waals surface area contributed by atoms with Crippen molar-refractivity contribution in [3.8, 4) is 11.1 Å². The summed E-state index contributed by atoms with van der Waals surface area (Å²) in [6.07, 6.45) is 0. The molecule has 9 aromatic carbocycles.